The van der Waals surface area contributed by atoms with Gasteiger partial charge >= 0.3 is 0 Å². The molecule has 1 unspecified atom stereocenters. The van der Waals surface area contributed by atoms with Crippen molar-refractivity contribution in [2.45, 2.75) is 18.5 Å². The van der Waals surface area contributed by atoms with E-state index in [2.05, 4.69) is 5.32 Å². The number of benzene rings is 4. The molecule has 0 radical (unpaired) electrons. The van der Waals surface area contributed by atoms with Crippen LogP contribution in [0.15, 0.2) is 89.9 Å². The lowest BCUT2D eigenvalue weighted by molar-refractivity contribution is -0.128. The molecule has 0 bridgehead atoms. The molecule has 0 saturated carbocycles. The molecular weight excluding hydrogens is 547 g/mol. The van der Waals surface area contributed by atoms with Crippen LogP contribution in [-0.4, -0.2) is 37.5 Å². The Labute approximate surface area is 239 Å². The van der Waals surface area contributed by atoms with Gasteiger partial charge in [0.1, 0.15) is 5.82 Å². The summed E-state index contributed by atoms with van der Waals surface area (Å²) in [6, 6.07) is 21.2. The van der Waals surface area contributed by atoms with Crippen LogP contribution in [0.4, 0.5) is 18.9 Å². The van der Waals surface area contributed by atoms with Crippen LogP contribution in [0.25, 0.3) is 0 Å². The van der Waals surface area contributed by atoms with Crippen molar-refractivity contribution in [1.29, 1.82) is 0 Å². The number of nitrogens with one attached hydrogen (secondary N) is 1. The van der Waals surface area contributed by atoms with Crippen molar-refractivity contribution in [3.63, 3.8) is 0 Å². The highest BCUT2D eigenvalue weighted by Crippen LogP contribution is 2.35. The number of ether oxygens (including phenoxy) is 2. The fourth-order valence-electron chi connectivity index (χ4n) is 5.08. The summed E-state index contributed by atoms with van der Waals surface area (Å²) in [5.41, 5.74) is 3.13. The van der Waals surface area contributed by atoms with Crippen molar-refractivity contribution in [2.75, 3.05) is 18.7 Å². The SMILES string of the molecule is CN1C(=O)C(NC(=O)[C@H](Cc2ccc(F)c(F)c2)c2ccc(F)cc2)N=C(c2ccc3c(c2)OCO3)c2ccccc21. The first-order valence-corrected chi connectivity index (χ1v) is 13.1. The summed E-state index contributed by atoms with van der Waals surface area (Å²) in [6.45, 7) is 0.0878. The molecule has 2 aliphatic rings. The van der Waals surface area contributed by atoms with Crippen molar-refractivity contribution >= 4 is 23.2 Å². The monoisotopic (exact) mass is 571 g/mol. The average Bonchev–Trinajstić information content (AvgIpc) is 3.44. The van der Waals surface area contributed by atoms with Gasteiger partial charge in [-0.1, -0.05) is 36.4 Å². The summed E-state index contributed by atoms with van der Waals surface area (Å²) in [4.78, 5) is 33.7. The third-order valence-corrected chi connectivity index (χ3v) is 7.28. The molecule has 4 aromatic carbocycles. The molecule has 2 heterocycles. The molecule has 0 aliphatic carbocycles. The zero-order valence-electron chi connectivity index (χ0n) is 22.3. The number of fused-ring (bicyclic) bond motifs is 2. The van der Waals surface area contributed by atoms with Gasteiger partial charge in [0.05, 0.1) is 17.3 Å². The van der Waals surface area contributed by atoms with Crippen LogP contribution in [0.3, 0.4) is 0 Å². The summed E-state index contributed by atoms with van der Waals surface area (Å²) >= 11 is 0. The maximum atomic E-state index is 14.0. The lowest BCUT2D eigenvalue weighted by Gasteiger charge is -2.23. The molecule has 7 nitrogen and oxygen atoms in total. The van der Waals surface area contributed by atoms with Crippen molar-refractivity contribution in [2.24, 2.45) is 4.99 Å². The molecule has 212 valence electrons. The second-order valence-corrected chi connectivity index (χ2v) is 9.93. The summed E-state index contributed by atoms with van der Waals surface area (Å²) in [5.74, 6) is -3.51. The highest BCUT2D eigenvalue weighted by atomic mass is 19.2. The predicted octanol–water partition coefficient (Wildman–Crippen LogP) is 5.12. The topological polar surface area (TPSA) is 80.2 Å². The predicted molar refractivity (Wildman–Crippen MR) is 149 cm³/mol. The number of carbonyl (C=O) groups excluding carboxylic acids is 2. The van der Waals surface area contributed by atoms with Crippen molar-refractivity contribution in [3.05, 3.63) is 125 Å². The van der Waals surface area contributed by atoms with Crippen LogP contribution in [0.2, 0.25) is 0 Å². The molecular formula is C32H24F3N3O4. The van der Waals surface area contributed by atoms with Crippen molar-refractivity contribution in [3.8, 4) is 11.5 Å². The van der Waals surface area contributed by atoms with E-state index in [9.17, 15) is 22.8 Å². The molecule has 2 amide bonds. The maximum Gasteiger partial charge on any atom is 0.272 e. The van der Waals surface area contributed by atoms with Crippen molar-refractivity contribution < 1.29 is 32.2 Å². The molecule has 42 heavy (non-hydrogen) atoms. The Balaban J connectivity index is 1.38. The number of benzodiazepines with no additional fused rings is 1. The van der Waals surface area contributed by atoms with Gasteiger partial charge in [0.2, 0.25) is 18.9 Å². The molecule has 1 N–H and O–H groups in total. The van der Waals surface area contributed by atoms with Crippen LogP contribution < -0.4 is 19.7 Å². The van der Waals surface area contributed by atoms with Gasteiger partial charge in [0, 0.05) is 18.2 Å². The van der Waals surface area contributed by atoms with E-state index < -0.39 is 41.3 Å². The molecule has 6 rings (SSSR count). The Hall–Kier alpha value is -5.12. The van der Waals surface area contributed by atoms with Crippen LogP contribution in [0.5, 0.6) is 11.5 Å². The normalized spacial score (nSPS) is 16.4. The van der Waals surface area contributed by atoms with Gasteiger partial charge in [0.15, 0.2) is 23.1 Å². The number of carbonyl (C=O) groups is 2. The molecule has 2 atom stereocenters. The lowest BCUT2D eigenvalue weighted by Crippen LogP contribution is -2.47. The standard InChI is InChI=1S/C32H24F3N3O4/c1-38-26-5-3-2-4-22(26)29(20-9-13-27-28(16-20)42-17-41-27)36-30(32(38)40)37-31(39)23(19-7-10-21(33)11-8-19)14-18-6-12-24(34)25(35)15-18/h2-13,15-16,23,30H,14,17H2,1H3,(H,37,39)/t23-,30?/m1/s1. The van der Waals surface area contributed by atoms with Gasteiger partial charge in [-0.3, -0.25) is 9.59 Å². The van der Waals surface area contributed by atoms with E-state index in [0.717, 1.165) is 12.1 Å². The number of aliphatic imine (C=N–C) groups is 1. The molecule has 10 heteroatoms. The molecule has 2 aliphatic heterocycles. The number of rotatable bonds is 6. The number of likely N-dealkylation sites (N-methyl/N-ethyl adjacent to an activating group) is 1. The number of hydrogen-bond acceptors (Lipinski definition) is 5. The van der Waals surface area contributed by atoms with Crippen LogP contribution in [0.1, 0.15) is 28.2 Å². The first-order chi connectivity index (χ1) is 20.3. The van der Waals surface area contributed by atoms with E-state index >= 15 is 0 Å². The van der Waals surface area contributed by atoms with E-state index in [1.807, 2.05) is 12.1 Å². The van der Waals surface area contributed by atoms with Gasteiger partial charge in [-0.25, -0.2) is 18.2 Å². The number of hydrogen-bond donors (Lipinski definition) is 1. The zero-order chi connectivity index (χ0) is 29.4. The van der Waals surface area contributed by atoms with E-state index in [0.29, 0.717) is 45.2 Å². The molecule has 0 saturated heterocycles. The summed E-state index contributed by atoms with van der Waals surface area (Å²) in [5, 5.41) is 2.75. The smallest absolute Gasteiger partial charge is 0.272 e. The Morgan fingerprint density at radius 3 is 2.50 bits per heavy atom. The minimum atomic E-state index is -1.33. The van der Waals surface area contributed by atoms with Gasteiger partial charge < -0.3 is 19.7 Å². The fraction of sp³-hybridized carbons (Fsp3) is 0.156. The Bertz CT molecular complexity index is 1720. The van der Waals surface area contributed by atoms with Crippen molar-refractivity contribution in [1.82, 2.24) is 5.32 Å². The average molecular weight is 572 g/mol. The number of halogens is 3. The molecule has 4 aromatic rings. The minimum Gasteiger partial charge on any atom is -0.454 e. The quantitative estimate of drug-likeness (QED) is 0.349. The maximum absolute atomic E-state index is 14.0. The number of nitrogens with zero attached hydrogens (tertiary/aromatic N) is 2. The second-order valence-electron chi connectivity index (χ2n) is 9.93. The third-order valence-electron chi connectivity index (χ3n) is 7.28. The Morgan fingerprint density at radius 1 is 0.952 bits per heavy atom. The molecule has 0 fully saturated rings. The van der Waals surface area contributed by atoms with Gasteiger partial charge in [0.25, 0.3) is 5.91 Å². The zero-order valence-corrected chi connectivity index (χ0v) is 22.3. The summed E-state index contributed by atoms with van der Waals surface area (Å²) in [6.07, 6.45) is -1.37. The van der Waals surface area contributed by atoms with Crippen LogP contribution >= 0.6 is 0 Å². The number of amides is 2. The van der Waals surface area contributed by atoms with Crippen LogP contribution in [0, 0.1) is 17.5 Å². The highest BCUT2D eigenvalue weighted by Gasteiger charge is 2.33. The number of para-hydroxylation sites is 1. The van der Waals surface area contributed by atoms with E-state index in [1.54, 1.807) is 37.4 Å². The second kappa shape index (κ2) is 11.0. The van der Waals surface area contributed by atoms with E-state index in [4.69, 9.17) is 14.5 Å². The van der Waals surface area contributed by atoms with Gasteiger partial charge in [-0.05, 0) is 66.1 Å². The lowest BCUT2D eigenvalue weighted by atomic mass is 9.91. The first kappa shape index (κ1) is 27.1. The number of anilines is 1. The molecule has 0 aromatic heterocycles. The highest BCUT2D eigenvalue weighted by molar-refractivity contribution is 6.20. The van der Waals surface area contributed by atoms with E-state index in [1.165, 1.54) is 35.2 Å². The Kier molecular flexibility index (Phi) is 7.12. The van der Waals surface area contributed by atoms with Crippen LogP contribution in [-0.2, 0) is 16.0 Å². The van der Waals surface area contributed by atoms with E-state index in [-0.39, 0.29) is 13.2 Å². The van der Waals surface area contributed by atoms with Gasteiger partial charge in [-0.2, -0.15) is 0 Å². The third kappa shape index (κ3) is 5.18. The molecule has 0 spiro atoms. The first-order valence-electron chi connectivity index (χ1n) is 13.1. The summed E-state index contributed by atoms with van der Waals surface area (Å²) < 4.78 is 52.3. The van der Waals surface area contributed by atoms with Gasteiger partial charge in [-0.15, -0.1) is 0 Å². The minimum absolute atomic E-state index is 0.0373. The fourth-order valence-corrected chi connectivity index (χ4v) is 5.08. The summed E-state index contributed by atoms with van der Waals surface area (Å²) in [7, 11) is 1.59. The largest absolute Gasteiger partial charge is 0.454 e. The Morgan fingerprint density at radius 2 is 1.71 bits per heavy atom.